The molecule has 0 aliphatic heterocycles. The number of carbonyl (C=O) groups excluding carboxylic acids is 1. The van der Waals surface area contributed by atoms with Gasteiger partial charge in [-0.2, -0.15) is 0 Å². The molecule has 4 nitrogen and oxygen atoms in total. The zero-order valence-corrected chi connectivity index (χ0v) is 12.6. The fourth-order valence-corrected chi connectivity index (χ4v) is 1.62. The van der Waals surface area contributed by atoms with Gasteiger partial charge in [-0.05, 0) is 39.0 Å². The minimum absolute atomic E-state index is 0.0891. The zero-order valence-electron chi connectivity index (χ0n) is 12.6. The minimum Gasteiger partial charge on any atom is -0.345 e. The molecule has 0 saturated carbocycles. The maximum Gasteiger partial charge on any atom is 0.289 e. The lowest BCUT2D eigenvalue weighted by atomic mass is 10.1. The lowest BCUT2D eigenvalue weighted by Gasteiger charge is -2.19. The van der Waals surface area contributed by atoms with Gasteiger partial charge in [-0.1, -0.05) is 17.9 Å². The molecule has 1 aromatic carbocycles. The summed E-state index contributed by atoms with van der Waals surface area (Å²) < 4.78 is 13.0. The summed E-state index contributed by atoms with van der Waals surface area (Å²) >= 11 is 0. The van der Waals surface area contributed by atoms with E-state index in [0.717, 1.165) is 0 Å². The second-order valence-electron chi connectivity index (χ2n) is 5.76. The van der Waals surface area contributed by atoms with Gasteiger partial charge in [0.15, 0.2) is 0 Å². The number of amides is 1. The summed E-state index contributed by atoms with van der Waals surface area (Å²) in [5.74, 6) is 5.06. The van der Waals surface area contributed by atoms with Crippen LogP contribution in [0, 0.1) is 17.7 Å². The monoisotopic (exact) mass is 297 g/mol. The van der Waals surface area contributed by atoms with Crippen LogP contribution in [-0.4, -0.2) is 21.4 Å². The van der Waals surface area contributed by atoms with Crippen molar-refractivity contribution in [1.29, 1.82) is 0 Å². The standard InChI is InChI=1S/C17H16FN3O/c1-17(2,3)21-16(22)15-19-10-13(11-20-15)8-7-12-5-4-6-14(18)9-12/h4-6,9-11H,1-3H3,(H,21,22). The molecule has 0 spiro atoms. The van der Waals surface area contributed by atoms with Gasteiger partial charge >= 0.3 is 0 Å². The number of benzene rings is 1. The smallest absolute Gasteiger partial charge is 0.289 e. The molecule has 1 heterocycles. The molecule has 5 heteroatoms. The molecular weight excluding hydrogens is 281 g/mol. The Kier molecular flexibility index (Phi) is 4.52. The van der Waals surface area contributed by atoms with Crippen LogP contribution < -0.4 is 5.32 Å². The molecule has 1 N–H and O–H groups in total. The van der Waals surface area contributed by atoms with Crippen LogP contribution in [0.3, 0.4) is 0 Å². The molecule has 0 saturated heterocycles. The van der Waals surface area contributed by atoms with Gasteiger partial charge in [0, 0.05) is 23.5 Å². The third kappa shape index (κ3) is 4.67. The van der Waals surface area contributed by atoms with Crippen LogP contribution in [0.25, 0.3) is 0 Å². The summed E-state index contributed by atoms with van der Waals surface area (Å²) in [6.45, 7) is 5.64. The summed E-state index contributed by atoms with van der Waals surface area (Å²) in [5.41, 5.74) is 0.766. The van der Waals surface area contributed by atoms with E-state index < -0.39 is 0 Å². The highest BCUT2D eigenvalue weighted by atomic mass is 19.1. The minimum atomic E-state index is -0.351. The molecule has 0 atom stereocenters. The molecule has 0 fully saturated rings. The first-order chi connectivity index (χ1) is 10.3. The van der Waals surface area contributed by atoms with Gasteiger partial charge in [0.25, 0.3) is 5.91 Å². The van der Waals surface area contributed by atoms with Gasteiger partial charge < -0.3 is 5.32 Å². The highest BCUT2D eigenvalue weighted by Crippen LogP contribution is 2.03. The normalized spacial score (nSPS) is 10.5. The van der Waals surface area contributed by atoms with Crippen LogP contribution in [0.5, 0.6) is 0 Å². The Hall–Kier alpha value is -2.74. The zero-order chi connectivity index (χ0) is 16.2. The first-order valence-corrected chi connectivity index (χ1v) is 6.76. The second kappa shape index (κ2) is 6.35. The van der Waals surface area contributed by atoms with E-state index in [1.165, 1.54) is 24.5 Å². The van der Waals surface area contributed by atoms with E-state index >= 15 is 0 Å². The third-order valence-electron chi connectivity index (χ3n) is 2.52. The van der Waals surface area contributed by atoms with Crippen molar-refractivity contribution in [3.63, 3.8) is 0 Å². The van der Waals surface area contributed by atoms with Crippen molar-refractivity contribution in [2.24, 2.45) is 0 Å². The summed E-state index contributed by atoms with van der Waals surface area (Å²) in [4.78, 5) is 19.9. The van der Waals surface area contributed by atoms with E-state index in [4.69, 9.17) is 0 Å². The van der Waals surface area contributed by atoms with Crippen LogP contribution in [0.15, 0.2) is 36.7 Å². The fraction of sp³-hybridized carbons (Fsp3) is 0.235. The van der Waals surface area contributed by atoms with Gasteiger partial charge in [0.05, 0.1) is 5.56 Å². The van der Waals surface area contributed by atoms with Crippen LogP contribution in [-0.2, 0) is 0 Å². The first kappa shape index (κ1) is 15.6. The van der Waals surface area contributed by atoms with E-state index in [1.807, 2.05) is 20.8 Å². The second-order valence-corrected chi connectivity index (χ2v) is 5.76. The number of aromatic nitrogens is 2. The molecule has 1 amide bonds. The number of carbonyl (C=O) groups is 1. The van der Waals surface area contributed by atoms with Crippen LogP contribution in [0.4, 0.5) is 4.39 Å². The molecule has 0 bridgehead atoms. The van der Waals surface area contributed by atoms with Crippen molar-refractivity contribution >= 4 is 5.91 Å². The Bertz CT molecular complexity index is 737. The van der Waals surface area contributed by atoms with Crippen LogP contribution in [0.2, 0.25) is 0 Å². The van der Waals surface area contributed by atoms with E-state index in [1.54, 1.807) is 12.1 Å². The summed E-state index contributed by atoms with van der Waals surface area (Å²) in [6.07, 6.45) is 2.94. The van der Waals surface area contributed by atoms with Gasteiger partial charge in [-0.3, -0.25) is 4.79 Å². The Morgan fingerprint density at radius 1 is 1.14 bits per heavy atom. The first-order valence-electron chi connectivity index (χ1n) is 6.76. The Balaban J connectivity index is 2.12. The maximum atomic E-state index is 13.0. The van der Waals surface area contributed by atoms with Crippen molar-refractivity contribution in [3.8, 4) is 11.8 Å². The van der Waals surface area contributed by atoms with E-state index in [2.05, 4.69) is 27.1 Å². The quantitative estimate of drug-likeness (QED) is 0.823. The average Bonchev–Trinajstić information content (AvgIpc) is 2.44. The van der Waals surface area contributed by atoms with Crippen molar-refractivity contribution < 1.29 is 9.18 Å². The number of hydrogen-bond acceptors (Lipinski definition) is 3. The maximum absolute atomic E-state index is 13.0. The summed E-state index contributed by atoms with van der Waals surface area (Å²) in [5, 5.41) is 2.78. The summed E-state index contributed by atoms with van der Waals surface area (Å²) in [6, 6.07) is 6.01. The Morgan fingerprint density at radius 3 is 2.36 bits per heavy atom. The van der Waals surface area contributed by atoms with E-state index in [-0.39, 0.29) is 23.1 Å². The van der Waals surface area contributed by atoms with Gasteiger partial charge in [-0.25, -0.2) is 14.4 Å². The average molecular weight is 297 g/mol. The van der Waals surface area contributed by atoms with Gasteiger partial charge in [0.2, 0.25) is 5.82 Å². The number of hydrogen-bond donors (Lipinski definition) is 1. The largest absolute Gasteiger partial charge is 0.345 e. The predicted molar refractivity (Wildman–Crippen MR) is 81.6 cm³/mol. The van der Waals surface area contributed by atoms with Crippen molar-refractivity contribution in [1.82, 2.24) is 15.3 Å². The molecule has 0 unspecified atom stereocenters. The number of rotatable bonds is 1. The van der Waals surface area contributed by atoms with Crippen LogP contribution >= 0.6 is 0 Å². The molecule has 112 valence electrons. The Labute approximate surface area is 128 Å². The highest BCUT2D eigenvalue weighted by Gasteiger charge is 2.16. The van der Waals surface area contributed by atoms with Crippen molar-refractivity contribution in [2.75, 3.05) is 0 Å². The Morgan fingerprint density at radius 2 is 1.77 bits per heavy atom. The highest BCUT2D eigenvalue weighted by molar-refractivity contribution is 5.90. The summed E-state index contributed by atoms with van der Waals surface area (Å²) in [7, 11) is 0. The third-order valence-corrected chi connectivity index (χ3v) is 2.52. The van der Waals surface area contributed by atoms with E-state index in [0.29, 0.717) is 11.1 Å². The fourth-order valence-electron chi connectivity index (χ4n) is 1.62. The van der Waals surface area contributed by atoms with Crippen LogP contribution in [0.1, 0.15) is 42.5 Å². The molecule has 2 aromatic rings. The lowest BCUT2D eigenvalue weighted by Crippen LogP contribution is -2.41. The number of nitrogens with one attached hydrogen (secondary N) is 1. The SMILES string of the molecule is CC(C)(C)NC(=O)c1ncc(C#Cc2cccc(F)c2)cn1. The van der Waals surface area contributed by atoms with Crippen molar-refractivity contribution in [3.05, 3.63) is 59.4 Å². The lowest BCUT2D eigenvalue weighted by molar-refractivity contribution is 0.0908. The molecular formula is C17H16FN3O. The number of halogens is 1. The van der Waals surface area contributed by atoms with Gasteiger partial charge in [-0.15, -0.1) is 0 Å². The molecule has 1 aromatic heterocycles. The molecule has 2 rings (SSSR count). The van der Waals surface area contributed by atoms with Crippen molar-refractivity contribution in [2.45, 2.75) is 26.3 Å². The number of nitrogens with zero attached hydrogens (tertiary/aromatic N) is 2. The molecule has 0 aliphatic rings. The predicted octanol–water partition coefficient (Wildman–Crippen LogP) is 2.54. The molecule has 22 heavy (non-hydrogen) atoms. The topological polar surface area (TPSA) is 54.9 Å². The van der Waals surface area contributed by atoms with Gasteiger partial charge in [0.1, 0.15) is 5.82 Å². The van der Waals surface area contributed by atoms with E-state index in [9.17, 15) is 9.18 Å². The molecule has 0 aliphatic carbocycles. The molecule has 0 radical (unpaired) electrons.